The first-order valence-corrected chi connectivity index (χ1v) is 10.7. The van der Waals surface area contributed by atoms with Crippen molar-refractivity contribution >= 4 is 17.6 Å². The fraction of sp³-hybridized carbons (Fsp3) is 0.458. The molecule has 1 aliphatic heterocycles. The van der Waals surface area contributed by atoms with Crippen LogP contribution in [0.1, 0.15) is 48.0 Å². The quantitative estimate of drug-likeness (QED) is 0.658. The molecule has 172 valence electrons. The molecule has 0 atom stereocenters. The molecule has 0 saturated heterocycles. The Morgan fingerprint density at radius 1 is 1.22 bits per heavy atom. The van der Waals surface area contributed by atoms with Crippen LogP contribution in [0.3, 0.4) is 0 Å². The van der Waals surface area contributed by atoms with Crippen molar-refractivity contribution in [1.29, 1.82) is 0 Å². The lowest BCUT2D eigenvalue weighted by molar-refractivity contribution is -0.136. The van der Waals surface area contributed by atoms with Crippen molar-refractivity contribution in [3.05, 3.63) is 44.9 Å². The molecule has 1 aromatic heterocycles. The fourth-order valence-corrected chi connectivity index (χ4v) is 4.00. The van der Waals surface area contributed by atoms with Crippen LogP contribution in [0.5, 0.6) is 5.75 Å². The Balaban J connectivity index is 2.27. The first-order valence-electron chi connectivity index (χ1n) is 10.7. The van der Waals surface area contributed by atoms with Gasteiger partial charge in [-0.15, -0.1) is 0 Å². The maximum absolute atomic E-state index is 13.1. The Morgan fingerprint density at radius 3 is 2.53 bits per heavy atom. The number of nitrogens with zero attached hydrogens (tertiary/aromatic N) is 1. The highest BCUT2D eigenvalue weighted by Gasteiger charge is 2.27. The lowest BCUT2D eigenvalue weighted by atomic mass is 9.89. The molecule has 1 aliphatic rings. The minimum atomic E-state index is -1.05. The number of fused-ring (bicyclic) bond motifs is 1. The summed E-state index contributed by atoms with van der Waals surface area (Å²) in [4.78, 5) is 37.8. The first kappa shape index (κ1) is 23.4. The third kappa shape index (κ3) is 4.49. The van der Waals surface area contributed by atoms with Crippen LogP contribution in [0.15, 0.2) is 16.9 Å². The molecule has 3 N–H and O–H groups in total. The molecule has 8 heteroatoms. The number of aromatic nitrogens is 1. The number of pyridine rings is 1. The van der Waals surface area contributed by atoms with E-state index in [0.717, 1.165) is 22.6 Å². The Morgan fingerprint density at radius 2 is 1.91 bits per heavy atom. The number of carboxylic acids is 1. The van der Waals surface area contributed by atoms with Crippen LogP contribution >= 0.6 is 0 Å². The zero-order chi connectivity index (χ0) is 23.8. The first-order chi connectivity index (χ1) is 14.9. The molecule has 0 radical (unpaired) electrons. The molecular formula is C24H31N3O5. The fourth-order valence-electron chi connectivity index (χ4n) is 4.00. The van der Waals surface area contributed by atoms with Gasteiger partial charge in [0.2, 0.25) is 0 Å². The predicted octanol–water partition coefficient (Wildman–Crippen LogP) is 2.88. The molecule has 1 aromatic carbocycles. The van der Waals surface area contributed by atoms with Crippen LogP contribution in [0.2, 0.25) is 0 Å². The Hall–Kier alpha value is -3.29. The van der Waals surface area contributed by atoms with Gasteiger partial charge in [-0.05, 0) is 42.0 Å². The summed E-state index contributed by atoms with van der Waals surface area (Å²) in [5.41, 5.74) is 3.25. The zero-order valence-corrected chi connectivity index (χ0v) is 19.5. The van der Waals surface area contributed by atoms with Gasteiger partial charge in [0.05, 0.1) is 12.1 Å². The van der Waals surface area contributed by atoms with Crippen LogP contribution in [0, 0.1) is 19.3 Å². The number of hydrogen-bond donors (Lipinski definition) is 3. The Kier molecular flexibility index (Phi) is 6.34. The van der Waals surface area contributed by atoms with Gasteiger partial charge < -0.3 is 25.0 Å². The smallest absolute Gasteiger partial charge is 0.309 e. The molecular weight excluding hydrogens is 410 g/mol. The number of rotatable bonds is 5. The number of aliphatic carboxylic acids is 1. The number of amides is 1. The molecule has 0 bridgehead atoms. The highest BCUT2D eigenvalue weighted by Crippen LogP contribution is 2.39. The summed E-state index contributed by atoms with van der Waals surface area (Å²) in [5.74, 6) is -0.788. The summed E-state index contributed by atoms with van der Waals surface area (Å²) < 4.78 is 7.00. The summed E-state index contributed by atoms with van der Waals surface area (Å²) in [5, 5.41) is 15.7. The average Bonchev–Trinajstić information content (AvgIpc) is 2.71. The van der Waals surface area contributed by atoms with Crippen molar-refractivity contribution in [1.82, 2.24) is 9.88 Å². The molecule has 0 aliphatic carbocycles. The Bertz CT molecular complexity index is 1140. The predicted molar refractivity (Wildman–Crippen MR) is 124 cm³/mol. The number of benzene rings is 1. The monoisotopic (exact) mass is 441 g/mol. The average molecular weight is 442 g/mol. The molecule has 0 fully saturated rings. The second-order valence-electron chi connectivity index (χ2n) is 9.39. The maximum Gasteiger partial charge on any atom is 0.309 e. The minimum Gasteiger partial charge on any atom is -0.490 e. The van der Waals surface area contributed by atoms with Crippen LogP contribution in [-0.4, -0.2) is 41.2 Å². The molecule has 1 amide bonds. The van der Waals surface area contributed by atoms with E-state index >= 15 is 0 Å². The molecule has 2 aromatic rings. The van der Waals surface area contributed by atoms with E-state index in [1.807, 2.05) is 39.8 Å². The number of hydrogen-bond acceptors (Lipinski definition) is 5. The molecule has 32 heavy (non-hydrogen) atoms. The van der Waals surface area contributed by atoms with E-state index in [2.05, 4.69) is 10.6 Å². The zero-order valence-electron chi connectivity index (χ0n) is 19.5. The Labute approximate surface area is 187 Å². The van der Waals surface area contributed by atoms with Gasteiger partial charge in [0, 0.05) is 31.4 Å². The van der Waals surface area contributed by atoms with Crippen LogP contribution in [0.4, 0.5) is 5.69 Å². The lowest BCUT2D eigenvalue weighted by Crippen LogP contribution is -2.38. The molecule has 0 spiro atoms. The van der Waals surface area contributed by atoms with Crippen molar-refractivity contribution in [2.75, 3.05) is 25.0 Å². The number of ether oxygens (including phenoxy) is 1. The standard InChI is InChI=1S/C24H31N3O5/c1-13-15(7-8-17-21(13)25-9-10-32-17)19-14(2)20(22(30)26-12-24(3,4)5)23(31)27(6)16(19)11-18(28)29/h7-8,25H,9-12H2,1-6H3,(H,26,30)(H,28,29). The van der Waals surface area contributed by atoms with Crippen molar-refractivity contribution in [2.45, 2.75) is 41.0 Å². The topological polar surface area (TPSA) is 110 Å². The van der Waals surface area contributed by atoms with Crippen LogP contribution < -0.4 is 20.9 Å². The second-order valence-corrected chi connectivity index (χ2v) is 9.39. The van der Waals surface area contributed by atoms with Gasteiger partial charge in [-0.25, -0.2) is 0 Å². The van der Waals surface area contributed by atoms with Crippen molar-refractivity contribution in [3.8, 4) is 16.9 Å². The maximum atomic E-state index is 13.1. The summed E-state index contributed by atoms with van der Waals surface area (Å²) in [6.45, 7) is 11.2. The summed E-state index contributed by atoms with van der Waals surface area (Å²) in [6.07, 6.45) is -0.341. The van der Waals surface area contributed by atoms with E-state index in [0.29, 0.717) is 36.5 Å². The third-order valence-corrected chi connectivity index (χ3v) is 5.64. The third-order valence-electron chi connectivity index (χ3n) is 5.64. The van der Waals surface area contributed by atoms with Crippen molar-refractivity contribution < 1.29 is 19.4 Å². The minimum absolute atomic E-state index is 0.0298. The van der Waals surface area contributed by atoms with E-state index in [1.165, 1.54) is 11.6 Å². The van der Waals surface area contributed by atoms with E-state index in [-0.39, 0.29) is 17.4 Å². The summed E-state index contributed by atoms with van der Waals surface area (Å²) >= 11 is 0. The number of anilines is 1. The van der Waals surface area contributed by atoms with Crippen molar-refractivity contribution in [2.24, 2.45) is 12.5 Å². The largest absolute Gasteiger partial charge is 0.490 e. The second kappa shape index (κ2) is 8.68. The van der Waals surface area contributed by atoms with Crippen molar-refractivity contribution in [3.63, 3.8) is 0 Å². The molecule has 0 unspecified atom stereocenters. The van der Waals surface area contributed by atoms with E-state index in [1.54, 1.807) is 6.92 Å². The number of carboxylic acid groups (broad SMARTS) is 1. The molecule has 2 heterocycles. The van der Waals surface area contributed by atoms with Crippen LogP contribution in [0.25, 0.3) is 11.1 Å². The van der Waals surface area contributed by atoms with Gasteiger partial charge in [0.15, 0.2) is 0 Å². The van der Waals surface area contributed by atoms with Crippen LogP contribution in [-0.2, 0) is 18.3 Å². The number of carbonyl (C=O) groups is 2. The van der Waals surface area contributed by atoms with Gasteiger partial charge in [0.25, 0.3) is 11.5 Å². The molecule has 3 rings (SSSR count). The highest BCUT2D eigenvalue weighted by atomic mass is 16.5. The van der Waals surface area contributed by atoms with E-state index in [9.17, 15) is 19.5 Å². The summed E-state index contributed by atoms with van der Waals surface area (Å²) in [7, 11) is 1.51. The van der Waals surface area contributed by atoms with E-state index in [4.69, 9.17) is 4.74 Å². The van der Waals surface area contributed by atoms with Gasteiger partial charge >= 0.3 is 5.97 Å². The van der Waals surface area contributed by atoms with E-state index < -0.39 is 17.4 Å². The normalized spacial score (nSPS) is 13.1. The molecule has 0 saturated carbocycles. The number of nitrogens with one attached hydrogen (secondary N) is 2. The highest BCUT2D eigenvalue weighted by molar-refractivity contribution is 5.98. The lowest BCUT2D eigenvalue weighted by Gasteiger charge is -2.25. The SMILES string of the molecule is Cc1c(-c2c(C)c(C(=O)NCC(C)(C)C)c(=O)n(C)c2CC(=O)O)ccc2c1NCCO2. The number of carbonyl (C=O) groups excluding carboxylic acids is 1. The summed E-state index contributed by atoms with van der Waals surface area (Å²) in [6, 6.07) is 3.69. The van der Waals surface area contributed by atoms with Gasteiger partial charge in [-0.2, -0.15) is 0 Å². The van der Waals surface area contributed by atoms with Gasteiger partial charge in [-0.3, -0.25) is 14.4 Å². The van der Waals surface area contributed by atoms with Gasteiger partial charge in [0.1, 0.15) is 17.9 Å². The van der Waals surface area contributed by atoms with Gasteiger partial charge in [-0.1, -0.05) is 26.8 Å². The molecule has 8 nitrogen and oxygen atoms in total.